The highest BCUT2D eigenvalue weighted by molar-refractivity contribution is 7.92. The fourth-order valence-corrected chi connectivity index (χ4v) is 6.27. The molecule has 4 rings (SSSR count). The number of sulfonamides is 1. The first-order chi connectivity index (χ1) is 19.0. The van der Waals surface area contributed by atoms with Gasteiger partial charge < -0.3 is 9.30 Å². The molecular weight excluding hydrogens is 548 g/mol. The van der Waals surface area contributed by atoms with Crippen LogP contribution in [0.4, 0.5) is 5.69 Å². The minimum atomic E-state index is -4.09. The monoisotopic (exact) mass is 578 g/mol. The molecule has 0 atom stereocenters. The van der Waals surface area contributed by atoms with Gasteiger partial charge in [0.1, 0.15) is 12.3 Å². The van der Waals surface area contributed by atoms with Gasteiger partial charge >= 0.3 is 0 Å². The van der Waals surface area contributed by atoms with E-state index in [4.69, 9.17) is 16.3 Å². The molecule has 0 aliphatic heterocycles. The summed E-state index contributed by atoms with van der Waals surface area (Å²) in [6, 6.07) is 20.7. The highest BCUT2D eigenvalue weighted by Gasteiger charge is 2.27. The standard InChI is InChI=1S/C30H31ClN4O4S/c1-20-13-21(2)15-26(14-20)35-22(3)16-24(23(35)4)18-32-33-30(36)19-34(25-11-12-29(39-5)28(31)17-25)40(37,38)27-9-7-6-8-10-27/h6-18H,19H2,1-5H3,(H,33,36)/b32-18-. The molecule has 4 aromatic rings. The van der Waals surface area contributed by atoms with E-state index in [2.05, 4.69) is 47.1 Å². The van der Waals surface area contributed by atoms with Crippen molar-refractivity contribution in [1.82, 2.24) is 9.99 Å². The third-order valence-electron chi connectivity index (χ3n) is 6.37. The number of benzene rings is 3. The van der Waals surface area contributed by atoms with Crippen molar-refractivity contribution in [2.75, 3.05) is 18.0 Å². The largest absolute Gasteiger partial charge is 0.495 e. The van der Waals surface area contributed by atoms with Crippen molar-refractivity contribution in [2.24, 2.45) is 5.10 Å². The Balaban J connectivity index is 1.58. The van der Waals surface area contributed by atoms with E-state index in [1.54, 1.807) is 30.5 Å². The number of ether oxygens (including phenoxy) is 1. The van der Waals surface area contributed by atoms with E-state index in [0.29, 0.717) is 5.75 Å². The molecule has 0 spiro atoms. The lowest BCUT2D eigenvalue weighted by Crippen LogP contribution is -2.39. The Hall–Kier alpha value is -4.08. The molecule has 0 bridgehead atoms. The highest BCUT2D eigenvalue weighted by Crippen LogP contribution is 2.32. The Kier molecular flexibility index (Phi) is 8.66. The summed E-state index contributed by atoms with van der Waals surface area (Å²) in [5.41, 5.74) is 8.87. The van der Waals surface area contributed by atoms with Crippen molar-refractivity contribution < 1.29 is 17.9 Å². The van der Waals surface area contributed by atoms with Crippen molar-refractivity contribution in [3.05, 3.63) is 106 Å². The van der Waals surface area contributed by atoms with E-state index >= 15 is 0 Å². The number of aryl methyl sites for hydroxylation is 3. The van der Waals surface area contributed by atoms with Gasteiger partial charge in [-0.05, 0) is 87.4 Å². The van der Waals surface area contributed by atoms with Crippen LogP contribution < -0.4 is 14.5 Å². The second-order valence-corrected chi connectivity index (χ2v) is 11.7. The maximum atomic E-state index is 13.5. The molecule has 208 valence electrons. The van der Waals surface area contributed by atoms with E-state index < -0.39 is 22.5 Å². The van der Waals surface area contributed by atoms with Crippen LogP contribution in [0.25, 0.3) is 5.69 Å². The van der Waals surface area contributed by atoms with Crippen LogP contribution in [0.15, 0.2) is 82.8 Å². The number of nitrogens with one attached hydrogen (secondary N) is 1. The number of rotatable bonds is 9. The number of aromatic nitrogens is 1. The minimum absolute atomic E-state index is 0.0390. The fraction of sp³-hybridized carbons (Fsp3) is 0.200. The molecule has 1 heterocycles. The van der Waals surface area contributed by atoms with Gasteiger partial charge in [0.25, 0.3) is 15.9 Å². The number of hydrogen-bond donors (Lipinski definition) is 1. The second kappa shape index (κ2) is 12.0. The van der Waals surface area contributed by atoms with Gasteiger partial charge in [-0.15, -0.1) is 0 Å². The summed E-state index contributed by atoms with van der Waals surface area (Å²) in [7, 11) is -2.63. The van der Waals surface area contributed by atoms with Crippen molar-refractivity contribution in [1.29, 1.82) is 0 Å². The molecule has 0 aliphatic carbocycles. The number of carbonyl (C=O) groups excluding carboxylic acids is 1. The normalized spacial score (nSPS) is 11.6. The Morgan fingerprint density at radius 2 is 1.68 bits per heavy atom. The molecular formula is C30H31ClN4O4S. The van der Waals surface area contributed by atoms with Gasteiger partial charge in [-0.2, -0.15) is 5.10 Å². The molecule has 8 nitrogen and oxygen atoms in total. The molecule has 0 fully saturated rings. The Bertz CT molecular complexity index is 1660. The molecule has 0 saturated heterocycles. The third-order valence-corrected chi connectivity index (χ3v) is 8.45. The lowest BCUT2D eigenvalue weighted by atomic mass is 10.1. The Labute approximate surface area is 239 Å². The Morgan fingerprint density at radius 3 is 2.30 bits per heavy atom. The van der Waals surface area contributed by atoms with Gasteiger partial charge in [-0.1, -0.05) is 35.9 Å². The number of hydrogen-bond acceptors (Lipinski definition) is 5. The van der Waals surface area contributed by atoms with Crippen LogP contribution in [-0.4, -0.2) is 38.8 Å². The molecule has 0 radical (unpaired) electrons. The summed E-state index contributed by atoms with van der Waals surface area (Å²) in [4.78, 5) is 13.0. The van der Waals surface area contributed by atoms with Gasteiger partial charge in [0, 0.05) is 22.6 Å². The molecule has 10 heteroatoms. The molecule has 40 heavy (non-hydrogen) atoms. The predicted molar refractivity (Wildman–Crippen MR) is 159 cm³/mol. The van der Waals surface area contributed by atoms with Crippen molar-refractivity contribution in [3.63, 3.8) is 0 Å². The van der Waals surface area contributed by atoms with Crippen LogP contribution in [0, 0.1) is 27.7 Å². The van der Waals surface area contributed by atoms with Gasteiger partial charge in [0.2, 0.25) is 0 Å². The quantitative estimate of drug-likeness (QED) is 0.203. The number of anilines is 1. The van der Waals surface area contributed by atoms with Crippen LogP contribution in [0.1, 0.15) is 28.1 Å². The molecule has 3 aromatic carbocycles. The molecule has 0 unspecified atom stereocenters. The van der Waals surface area contributed by atoms with Crippen LogP contribution in [0.2, 0.25) is 5.02 Å². The Morgan fingerprint density at radius 1 is 1.00 bits per heavy atom. The molecule has 1 aromatic heterocycles. The second-order valence-electron chi connectivity index (χ2n) is 9.44. The SMILES string of the molecule is COc1ccc(N(CC(=O)N/N=C\c2cc(C)n(-c3cc(C)cc(C)c3)c2C)S(=O)(=O)c2ccccc2)cc1Cl. The zero-order chi connectivity index (χ0) is 29.0. The van der Waals surface area contributed by atoms with Crippen molar-refractivity contribution in [2.45, 2.75) is 32.6 Å². The lowest BCUT2D eigenvalue weighted by molar-refractivity contribution is -0.119. The number of amides is 1. The van der Waals surface area contributed by atoms with Crippen LogP contribution in [-0.2, 0) is 14.8 Å². The summed E-state index contributed by atoms with van der Waals surface area (Å²) in [5.74, 6) is -0.235. The topological polar surface area (TPSA) is 93.0 Å². The van der Waals surface area contributed by atoms with Crippen LogP contribution in [0.3, 0.4) is 0 Å². The predicted octanol–water partition coefficient (Wildman–Crippen LogP) is 5.72. The molecule has 1 amide bonds. The van der Waals surface area contributed by atoms with E-state index in [1.807, 2.05) is 19.9 Å². The number of methoxy groups -OCH3 is 1. The third kappa shape index (κ3) is 6.21. The molecule has 0 aliphatic rings. The van der Waals surface area contributed by atoms with Crippen molar-refractivity contribution >= 4 is 39.4 Å². The first-order valence-electron chi connectivity index (χ1n) is 12.5. The number of halogens is 1. The summed E-state index contributed by atoms with van der Waals surface area (Å²) >= 11 is 6.28. The average molecular weight is 579 g/mol. The van der Waals surface area contributed by atoms with E-state index in [0.717, 1.165) is 38.1 Å². The first-order valence-corrected chi connectivity index (χ1v) is 14.3. The highest BCUT2D eigenvalue weighted by atomic mass is 35.5. The summed E-state index contributed by atoms with van der Waals surface area (Å²) < 4.78 is 35.4. The van der Waals surface area contributed by atoms with Gasteiger partial charge in [-0.25, -0.2) is 13.8 Å². The number of hydrazone groups is 1. The van der Waals surface area contributed by atoms with Crippen molar-refractivity contribution in [3.8, 4) is 11.4 Å². The number of carbonyl (C=O) groups is 1. The van der Waals surface area contributed by atoms with E-state index in [9.17, 15) is 13.2 Å². The smallest absolute Gasteiger partial charge is 0.264 e. The van der Waals surface area contributed by atoms with Gasteiger partial charge in [0.15, 0.2) is 0 Å². The summed E-state index contributed by atoms with van der Waals surface area (Å²) in [6.45, 7) is 7.59. The maximum absolute atomic E-state index is 13.5. The molecule has 0 saturated carbocycles. The zero-order valence-corrected chi connectivity index (χ0v) is 24.5. The van der Waals surface area contributed by atoms with Gasteiger partial charge in [0.05, 0.1) is 28.9 Å². The minimum Gasteiger partial charge on any atom is -0.495 e. The van der Waals surface area contributed by atoms with Gasteiger partial charge in [-0.3, -0.25) is 9.10 Å². The van der Waals surface area contributed by atoms with Crippen LogP contribution in [0.5, 0.6) is 5.75 Å². The summed E-state index contributed by atoms with van der Waals surface area (Å²) in [5, 5.41) is 4.34. The zero-order valence-electron chi connectivity index (χ0n) is 23.0. The lowest BCUT2D eigenvalue weighted by Gasteiger charge is -2.24. The fourth-order valence-electron chi connectivity index (χ4n) is 4.58. The maximum Gasteiger partial charge on any atom is 0.264 e. The number of nitrogens with zero attached hydrogens (tertiary/aromatic N) is 3. The van der Waals surface area contributed by atoms with Crippen LogP contribution >= 0.6 is 11.6 Å². The van der Waals surface area contributed by atoms with E-state index in [1.165, 1.54) is 31.4 Å². The average Bonchev–Trinajstić information content (AvgIpc) is 3.19. The molecule has 1 N–H and O–H groups in total. The summed E-state index contributed by atoms with van der Waals surface area (Å²) in [6.07, 6.45) is 1.56. The first kappa shape index (κ1) is 28.9. The van der Waals surface area contributed by atoms with E-state index in [-0.39, 0.29) is 15.6 Å².